The highest BCUT2D eigenvalue weighted by molar-refractivity contribution is 5.80. The molecule has 0 aromatic rings. The third-order valence-corrected chi connectivity index (χ3v) is 4.34. The molecular formula is C15H27N3O2. The van der Waals surface area contributed by atoms with E-state index in [9.17, 15) is 9.59 Å². The Labute approximate surface area is 121 Å². The number of rotatable bonds is 4. The molecule has 2 fully saturated rings. The summed E-state index contributed by atoms with van der Waals surface area (Å²) in [6.07, 6.45) is 4.96. The van der Waals surface area contributed by atoms with Crippen LogP contribution >= 0.6 is 0 Å². The summed E-state index contributed by atoms with van der Waals surface area (Å²) in [5, 5.41) is 3.36. The largest absolute Gasteiger partial charge is 0.339 e. The minimum absolute atomic E-state index is 0.0429. The molecule has 1 saturated heterocycles. The molecule has 0 aromatic heterocycles. The molecule has 114 valence electrons. The Morgan fingerprint density at radius 3 is 2.15 bits per heavy atom. The van der Waals surface area contributed by atoms with Crippen LogP contribution in [0.3, 0.4) is 0 Å². The second kappa shape index (κ2) is 7.07. The minimum atomic E-state index is 0.0429. The third kappa shape index (κ3) is 3.95. The summed E-state index contributed by atoms with van der Waals surface area (Å²) in [7, 11) is 0. The second-order valence-electron chi connectivity index (χ2n) is 6.22. The van der Waals surface area contributed by atoms with E-state index in [2.05, 4.69) is 5.32 Å². The second-order valence-corrected chi connectivity index (χ2v) is 6.22. The van der Waals surface area contributed by atoms with E-state index in [4.69, 9.17) is 0 Å². The van der Waals surface area contributed by atoms with Crippen LogP contribution in [0.5, 0.6) is 0 Å². The lowest BCUT2D eigenvalue weighted by Crippen LogP contribution is -2.53. The lowest BCUT2D eigenvalue weighted by Gasteiger charge is -2.35. The Bertz CT molecular complexity index is 343. The van der Waals surface area contributed by atoms with Gasteiger partial charge in [-0.1, -0.05) is 26.7 Å². The summed E-state index contributed by atoms with van der Waals surface area (Å²) in [4.78, 5) is 27.8. The minimum Gasteiger partial charge on any atom is -0.339 e. The van der Waals surface area contributed by atoms with Gasteiger partial charge in [-0.25, -0.2) is 0 Å². The van der Waals surface area contributed by atoms with Crippen molar-refractivity contribution < 1.29 is 9.59 Å². The first-order valence-corrected chi connectivity index (χ1v) is 7.88. The van der Waals surface area contributed by atoms with Gasteiger partial charge in [0.15, 0.2) is 0 Å². The molecule has 0 unspecified atom stereocenters. The smallest absolute Gasteiger partial charge is 0.236 e. The van der Waals surface area contributed by atoms with Crippen molar-refractivity contribution in [3.05, 3.63) is 0 Å². The lowest BCUT2D eigenvalue weighted by molar-refractivity contribution is -0.141. The van der Waals surface area contributed by atoms with Gasteiger partial charge >= 0.3 is 0 Å². The summed E-state index contributed by atoms with van der Waals surface area (Å²) < 4.78 is 0. The van der Waals surface area contributed by atoms with Crippen LogP contribution in [0.2, 0.25) is 0 Å². The van der Waals surface area contributed by atoms with Gasteiger partial charge in [0.05, 0.1) is 6.54 Å². The van der Waals surface area contributed by atoms with Crippen molar-refractivity contribution in [3.8, 4) is 0 Å². The maximum atomic E-state index is 12.1. The summed E-state index contributed by atoms with van der Waals surface area (Å²) in [6, 6.07) is 0.530. The van der Waals surface area contributed by atoms with Gasteiger partial charge < -0.3 is 15.1 Å². The molecule has 0 bridgehead atoms. The number of piperazine rings is 1. The van der Waals surface area contributed by atoms with Gasteiger partial charge in [-0.05, 0) is 12.8 Å². The fourth-order valence-electron chi connectivity index (χ4n) is 3.01. The first-order chi connectivity index (χ1) is 9.58. The molecule has 0 aromatic carbocycles. The van der Waals surface area contributed by atoms with Crippen molar-refractivity contribution in [1.82, 2.24) is 15.1 Å². The van der Waals surface area contributed by atoms with E-state index in [-0.39, 0.29) is 17.7 Å². The predicted octanol–water partition coefficient (Wildman–Crippen LogP) is 0.845. The molecule has 20 heavy (non-hydrogen) atoms. The van der Waals surface area contributed by atoms with E-state index in [1.54, 1.807) is 0 Å². The molecule has 0 atom stereocenters. The van der Waals surface area contributed by atoms with Crippen molar-refractivity contribution in [2.45, 2.75) is 45.6 Å². The summed E-state index contributed by atoms with van der Waals surface area (Å²) in [5.74, 6) is 0.413. The topological polar surface area (TPSA) is 52.7 Å². The zero-order valence-corrected chi connectivity index (χ0v) is 12.7. The molecule has 2 aliphatic rings. The van der Waals surface area contributed by atoms with Gasteiger partial charge in [0.25, 0.3) is 0 Å². The highest BCUT2D eigenvalue weighted by Gasteiger charge is 2.25. The van der Waals surface area contributed by atoms with Crippen molar-refractivity contribution in [1.29, 1.82) is 0 Å². The molecule has 1 N–H and O–H groups in total. The fourth-order valence-corrected chi connectivity index (χ4v) is 3.01. The van der Waals surface area contributed by atoms with Gasteiger partial charge in [0.1, 0.15) is 0 Å². The molecule has 5 nitrogen and oxygen atoms in total. The Kier molecular flexibility index (Phi) is 5.40. The average Bonchev–Trinajstić information content (AvgIpc) is 2.97. The Hall–Kier alpha value is -1.10. The van der Waals surface area contributed by atoms with E-state index in [1.807, 2.05) is 23.6 Å². The molecule has 2 rings (SSSR count). The maximum absolute atomic E-state index is 12.1. The van der Waals surface area contributed by atoms with Gasteiger partial charge in [-0.3, -0.25) is 9.59 Å². The first-order valence-electron chi connectivity index (χ1n) is 7.88. The Balaban J connectivity index is 1.70. The van der Waals surface area contributed by atoms with Crippen LogP contribution in [0, 0.1) is 5.92 Å². The van der Waals surface area contributed by atoms with E-state index in [1.165, 1.54) is 25.7 Å². The number of hydrogen-bond acceptors (Lipinski definition) is 3. The van der Waals surface area contributed by atoms with Crippen LogP contribution < -0.4 is 5.32 Å². The monoisotopic (exact) mass is 281 g/mol. The Morgan fingerprint density at radius 1 is 1.05 bits per heavy atom. The van der Waals surface area contributed by atoms with Crippen LogP contribution in [-0.4, -0.2) is 60.4 Å². The number of carbonyl (C=O) groups is 2. The van der Waals surface area contributed by atoms with Gasteiger partial charge in [-0.2, -0.15) is 0 Å². The van der Waals surface area contributed by atoms with E-state index in [0.29, 0.717) is 38.8 Å². The van der Waals surface area contributed by atoms with Crippen LogP contribution in [-0.2, 0) is 9.59 Å². The predicted molar refractivity (Wildman–Crippen MR) is 78.3 cm³/mol. The van der Waals surface area contributed by atoms with Gasteiger partial charge in [-0.15, -0.1) is 0 Å². The lowest BCUT2D eigenvalue weighted by atomic mass is 10.1. The maximum Gasteiger partial charge on any atom is 0.236 e. The van der Waals surface area contributed by atoms with Crippen LogP contribution in [0.15, 0.2) is 0 Å². The van der Waals surface area contributed by atoms with E-state index < -0.39 is 0 Å². The van der Waals surface area contributed by atoms with Crippen molar-refractivity contribution in [3.63, 3.8) is 0 Å². The molecule has 1 saturated carbocycles. The molecule has 0 spiro atoms. The quantitative estimate of drug-likeness (QED) is 0.831. The normalized spacial score (nSPS) is 20.8. The zero-order valence-electron chi connectivity index (χ0n) is 12.7. The molecule has 0 radical (unpaired) electrons. The Morgan fingerprint density at radius 2 is 1.60 bits per heavy atom. The van der Waals surface area contributed by atoms with E-state index >= 15 is 0 Å². The number of nitrogens with one attached hydrogen (secondary N) is 1. The van der Waals surface area contributed by atoms with Crippen molar-refractivity contribution in [2.75, 3.05) is 32.7 Å². The van der Waals surface area contributed by atoms with Crippen LogP contribution in [0.4, 0.5) is 0 Å². The molecule has 1 heterocycles. The SMILES string of the molecule is CC(C)C(=O)N1CCN(C(=O)CNC2CCCC2)CC1. The number of hydrogen-bond donors (Lipinski definition) is 1. The third-order valence-electron chi connectivity index (χ3n) is 4.34. The number of amides is 2. The van der Waals surface area contributed by atoms with Gasteiger partial charge in [0, 0.05) is 38.1 Å². The molecular weight excluding hydrogens is 254 g/mol. The summed E-state index contributed by atoms with van der Waals surface area (Å²) >= 11 is 0. The summed E-state index contributed by atoms with van der Waals surface area (Å²) in [6.45, 7) is 6.98. The molecule has 2 amide bonds. The van der Waals surface area contributed by atoms with Crippen LogP contribution in [0.1, 0.15) is 39.5 Å². The molecule has 5 heteroatoms. The average molecular weight is 281 g/mol. The molecule has 1 aliphatic carbocycles. The van der Waals surface area contributed by atoms with Crippen molar-refractivity contribution in [2.24, 2.45) is 5.92 Å². The molecule has 1 aliphatic heterocycles. The highest BCUT2D eigenvalue weighted by atomic mass is 16.2. The zero-order chi connectivity index (χ0) is 14.5. The van der Waals surface area contributed by atoms with E-state index in [0.717, 1.165) is 0 Å². The standard InChI is InChI=1S/C15H27N3O2/c1-12(2)15(20)18-9-7-17(8-10-18)14(19)11-16-13-5-3-4-6-13/h12-13,16H,3-11H2,1-2H3. The number of carbonyl (C=O) groups excluding carboxylic acids is 2. The van der Waals surface area contributed by atoms with Crippen LogP contribution in [0.25, 0.3) is 0 Å². The van der Waals surface area contributed by atoms with Crippen molar-refractivity contribution >= 4 is 11.8 Å². The summed E-state index contributed by atoms with van der Waals surface area (Å²) in [5.41, 5.74) is 0. The highest BCUT2D eigenvalue weighted by Crippen LogP contribution is 2.17. The first kappa shape index (κ1) is 15.3. The fraction of sp³-hybridized carbons (Fsp3) is 0.867. The van der Waals surface area contributed by atoms with Gasteiger partial charge in [0.2, 0.25) is 11.8 Å². The number of nitrogens with zero attached hydrogens (tertiary/aromatic N) is 2.